The van der Waals surface area contributed by atoms with E-state index >= 15 is 0 Å². The lowest BCUT2D eigenvalue weighted by Crippen LogP contribution is -2.31. The first kappa shape index (κ1) is 22.1. The molecule has 0 bridgehead atoms. The van der Waals surface area contributed by atoms with Crippen LogP contribution in [0.15, 0.2) is 57.3 Å². The van der Waals surface area contributed by atoms with Crippen LogP contribution >= 0.6 is 23.1 Å². The number of thioether (sulfide) groups is 1. The van der Waals surface area contributed by atoms with Crippen molar-refractivity contribution in [2.24, 2.45) is 0 Å². The Labute approximate surface area is 202 Å². The molecule has 4 amide bonds. The predicted octanol–water partition coefficient (Wildman–Crippen LogP) is 4.54. The average Bonchev–Trinajstić information content (AvgIpc) is 3.47. The van der Waals surface area contributed by atoms with Gasteiger partial charge in [0.05, 0.1) is 5.69 Å². The molecule has 1 fully saturated rings. The van der Waals surface area contributed by atoms with E-state index in [1.807, 2.05) is 31.2 Å². The number of imide groups is 1. The average molecular weight is 494 g/mol. The molecule has 2 aromatic carbocycles. The maximum Gasteiger partial charge on any atom is 0.331 e. The molecule has 34 heavy (non-hydrogen) atoms. The molecule has 172 valence electrons. The summed E-state index contributed by atoms with van der Waals surface area (Å²) >= 11 is 2.98. The number of anilines is 2. The highest BCUT2D eigenvalue weighted by atomic mass is 32.2. The molecule has 0 aliphatic carbocycles. The van der Waals surface area contributed by atoms with Gasteiger partial charge >= 0.3 is 6.03 Å². The number of benzene rings is 2. The number of carbonyl (C=O) groups excluding carboxylic acids is 3. The number of likely N-dealkylation sites (N-methyl/N-ethyl adjacent to an activating group) is 1. The molecule has 0 radical (unpaired) electrons. The standard InChI is InChI=1S/C23H19N5O4S2/c1-13-25-26-22(34-13)33-12-17-16-8-3-4-9-18(16)32-20(17)21(30)24-14-6-5-7-15(10-14)28-19(29)11-27(2)23(28)31/h3-10H,11-12H2,1-2H3,(H,24,30). The number of nitrogens with one attached hydrogen (secondary N) is 1. The lowest BCUT2D eigenvalue weighted by atomic mass is 10.1. The molecule has 1 aliphatic rings. The minimum atomic E-state index is -0.423. The summed E-state index contributed by atoms with van der Waals surface area (Å²) in [6, 6.07) is 13.7. The van der Waals surface area contributed by atoms with Gasteiger partial charge in [-0.2, -0.15) is 0 Å². The van der Waals surface area contributed by atoms with E-state index in [-0.39, 0.29) is 18.2 Å². The third-order valence-electron chi connectivity index (χ3n) is 5.25. The van der Waals surface area contributed by atoms with Gasteiger partial charge < -0.3 is 14.6 Å². The highest BCUT2D eigenvalue weighted by Gasteiger charge is 2.35. The topological polar surface area (TPSA) is 109 Å². The Morgan fingerprint density at radius 3 is 2.74 bits per heavy atom. The Morgan fingerprint density at radius 1 is 1.18 bits per heavy atom. The molecule has 0 saturated carbocycles. The van der Waals surface area contributed by atoms with E-state index in [4.69, 9.17) is 4.42 Å². The van der Waals surface area contributed by atoms with E-state index in [0.717, 1.165) is 25.2 Å². The number of urea groups is 1. The molecule has 3 heterocycles. The largest absolute Gasteiger partial charge is 0.451 e. The normalized spacial score (nSPS) is 13.8. The number of rotatable bonds is 6. The SMILES string of the molecule is Cc1nnc(SCc2c(C(=O)Nc3cccc(N4C(=O)CN(C)C4=O)c3)oc3ccccc23)s1. The summed E-state index contributed by atoms with van der Waals surface area (Å²) in [5.74, 6) is -0.0566. The number of nitrogens with zero attached hydrogens (tertiary/aromatic N) is 4. The number of furan rings is 1. The van der Waals surface area contributed by atoms with E-state index < -0.39 is 11.9 Å². The van der Waals surface area contributed by atoms with Crippen molar-refractivity contribution in [3.8, 4) is 0 Å². The number of hydrogen-bond acceptors (Lipinski definition) is 8. The maximum absolute atomic E-state index is 13.2. The predicted molar refractivity (Wildman–Crippen MR) is 130 cm³/mol. The Balaban J connectivity index is 1.42. The summed E-state index contributed by atoms with van der Waals surface area (Å²) in [7, 11) is 1.57. The first-order chi connectivity index (χ1) is 16.4. The highest BCUT2D eigenvalue weighted by Crippen LogP contribution is 2.34. The van der Waals surface area contributed by atoms with Crippen molar-refractivity contribution in [1.82, 2.24) is 15.1 Å². The molecule has 9 nitrogen and oxygen atoms in total. The molecule has 1 N–H and O–H groups in total. The first-order valence-corrected chi connectivity index (χ1v) is 12.1. The fourth-order valence-electron chi connectivity index (χ4n) is 3.68. The van der Waals surface area contributed by atoms with Crippen LogP contribution in [0.25, 0.3) is 11.0 Å². The van der Waals surface area contributed by atoms with Crippen LogP contribution in [-0.4, -0.2) is 46.5 Å². The summed E-state index contributed by atoms with van der Waals surface area (Å²) in [6.45, 7) is 1.91. The van der Waals surface area contributed by atoms with Crippen molar-refractivity contribution in [2.45, 2.75) is 17.0 Å². The smallest absolute Gasteiger partial charge is 0.331 e. The van der Waals surface area contributed by atoms with Crippen LogP contribution < -0.4 is 10.2 Å². The number of aryl methyl sites for hydroxylation is 1. The van der Waals surface area contributed by atoms with Crippen LogP contribution in [-0.2, 0) is 10.5 Å². The van der Waals surface area contributed by atoms with Gasteiger partial charge in [-0.15, -0.1) is 10.2 Å². The van der Waals surface area contributed by atoms with E-state index in [2.05, 4.69) is 15.5 Å². The van der Waals surface area contributed by atoms with Crippen molar-refractivity contribution in [2.75, 3.05) is 23.8 Å². The zero-order chi connectivity index (χ0) is 23.8. The van der Waals surface area contributed by atoms with Crippen LogP contribution in [0.2, 0.25) is 0 Å². The minimum Gasteiger partial charge on any atom is -0.451 e. The van der Waals surface area contributed by atoms with Gasteiger partial charge in [0.2, 0.25) is 0 Å². The van der Waals surface area contributed by atoms with Crippen molar-refractivity contribution < 1.29 is 18.8 Å². The maximum atomic E-state index is 13.2. The zero-order valence-electron chi connectivity index (χ0n) is 18.3. The molecular formula is C23H19N5O4S2. The van der Waals surface area contributed by atoms with Gasteiger partial charge in [0, 0.05) is 29.4 Å². The van der Waals surface area contributed by atoms with Crippen LogP contribution in [0.4, 0.5) is 16.2 Å². The zero-order valence-corrected chi connectivity index (χ0v) is 19.9. The lowest BCUT2D eigenvalue weighted by Gasteiger charge is -2.15. The highest BCUT2D eigenvalue weighted by molar-refractivity contribution is 8.00. The van der Waals surface area contributed by atoms with Gasteiger partial charge in [-0.05, 0) is 31.2 Å². The second-order valence-electron chi connectivity index (χ2n) is 7.65. The van der Waals surface area contributed by atoms with E-state index in [1.54, 1.807) is 31.3 Å². The van der Waals surface area contributed by atoms with Gasteiger partial charge in [0.25, 0.3) is 11.8 Å². The number of amides is 4. The van der Waals surface area contributed by atoms with Crippen LogP contribution in [0, 0.1) is 6.92 Å². The van der Waals surface area contributed by atoms with Crippen LogP contribution in [0.3, 0.4) is 0 Å². The van der Waals surface area contributed by atoms with Gasteiger partial charge in [-0.25, -0.2) is 9.69 Å². The summed E-state index contributed by atoms with van der Waals surface area (Å²) in [4.78, 5) is 40.2. The first-order valence-electron chi connectivity index (χ1n) is 10.3. The Hall–Kier alpha value is -3.70. The van der Waals surface area contributed by atoms with Crippen molar-refractivity contribution in [3.63, 3.8) is 0 Å². The Kier molecular flexibility index (Phi) is 5.80. The molecule has 4 aromatic rings. The fourth-order valence-corrected chi connectivity index (χ4v) is 5.52. The van der Waals surface area contributed by atoms with Gasteiger partial charge in [-0.3, -0.25) is 9.59 Å². The second-order valence-corrected chi connectivity index (χ2v) is 10.1. The van der Waals surface area contributed by atoms with E-state index in [1.165, 1.54) is 28.0 Å². The molecule has 1 aliphatic heterocycles. The molecule has 1 saturated heterocycles. The number of fused-ring (bicyclic) bond motifs is 1. The van der Waals surface area contributed by atoms with Crippen molar-refractivity contribution >= 4 is 63.3 Å². The number of carbonyl (C=O) groups is 3. The lowest BCUT2D eigenvalue weighted by molar-refractivity contribution is -0.116. The quantitative estimate of drug-likeness (QED) is 0.310. The molecule has 0 unspecified atom stereocenters. The van der Waals surface area contributed by atoms with Crippen molar-refractivity contribution in [3.05, 3.63) is 64.9 Å². The molecule has 11 heteroatoms. The summed E-state index contributed by atoms with van der Waals surface area (Å²) in [5, 5.41) is 12.7. The molecule has 0 spiro atoms. The van der Waals surface area contributed by atoms with Gasteiger partial charge in [-0.1, -0.05) is 47.4 Å². The summed E-state index contributed by atoms with van der Waals surface area (Å²) < 4.78 is 6.73. The van der Waals surface area contributed by atoms with E-state index in [9.17, 15) is 14.4 Å². The van der Waals surface area contributed by atoms with Crippen LogP contribution in [0.1, 0.15) is 21.1 Å². The van der Waals surface area contributed by atoms with Crippen molar-refractivity contribution in [1.29, 1.82) is 0 Å². The third-order valence-corrected chi connectivity index (χ3v) is 7.25. The monoisotopic (exact) mass is 493 g/mol. The Bertz CT molecular complexity index is 1430. The molecule has 2 aromatic heterocycles. The molecular weight excluding hydrogens is 474 g/mol. The summed E-state index contributed by atoms with van der Waals surface area (Å²) in [5.41, 5.74) is 2.20. The second kappa shape index (κ2) is 8.92. The fraction of sp³-hybridized carbons (Fsp3) is 0.174. The van der Waals surface area contributed by atoms with Crippen LogP contribution in [0.5, 0.6) is 0 Å². The number of para-hydroxylation sites is 1. The third kappa shape index (κ3) is 4.15. The van der Waals surface area contributed by atoms with Gasteiger partial charge in [0.15, 0.2) is 10.1 Å². The number of aromatic nitrogens is 2. The molecule has 0 atom stereocenters. The van der Waals surface area contributed by atoms with E-state index in [0.29, 0.717) is 22.7 Å². The van der Waals surface area contributed by atoms with Gasteiger partial charge in [0.1, 0.15) is 17.1 Å². The summed E-state index contributed by atoms with van der Waals surface area (Å²) in [6.07, 6.45) is 0. The Morgan fingerprint density at radius 2 is 2.00 bits per heavy atom. The molecule has 5 rings (SSSR count). The number of hydrogen-bond donors (Lipinski definition) is 1. The minimum absolute atomic E-state index is 0.0174.